The molecule has 0 aliphatic rings. The SMILES string of the molecule is CCCNCc1cc(CN(C)CCCN(C)C)c(C)s1. The van der Waals surface area contributed by atoms with E-state index >= 15 is 0 Å². The highest BCUT2D eigenvalue weighted by Crippen LogP contribution is 2.22. The van der Waals surface area contributed by atoms with E-state index < -0.39 is 0 Å². The van der Waals surface area contributed by atoms with Crippen molar-refractivity contribution in [3.8, 4) is 0 Å². The summed E-state index contributed by atoms with van der Waals surface area (Å²) in [6.45, 7) is 9.98. The van der Waals surface area contributed by atoms with E-state index in [1.807, 2.05) is 11.3 Å². The first-order chi connectivity index (χ1) is 9.52. The molecular formula is C16H31N3S. The Balaban J connectivity index is 2.38. The molecule has 1 aromatic rings. The van der Waals surface area contributed by atoms with Gasteiger partial charge in [0.25, 0.3) is 0 Å². The molecule has 0 atom stereocenters. The Morgan fingerprint density at radius 2 is 1.95 bits per heavy atom. The second-order valence-electron chi connectivity index (χ2n) is 5.87. The molecule has 1 N–H and O–H groups in total. The third-order valence-electron chi connectivity index (χ3n) is 3.38. The van der Waals surface area contributed by atoms with Crippen molar-refractivity contribution in [3.63, 3.8) is 0 Å². The zero-order valence-electron chi connectivity index (χ0n) is 13.8. The van der Waals surface area contributed by atoms with Gasteiger partial charge in [-0.25, -0.2) is 0 Å². The molecule has 0 aromatic carbocycles. The minimum Gasteiger partial charge on any atom is -0.312 e. The van der Waals surface area contributed by atoms with Crippen LogP contribution in [-0.2, 0) is 13.1 Å². The minimum absolute atomic E-state index is 1.02. The quantitative estimate of drug-likeness (QED) is 0.670. The van der Waals surface area contributed by atoms with Crippen LogP contribution >= 0.6 is 11.3 Å². The summed E-state index contributed by atoms with van der Waals surface area (Å²) in [5.41, 5.74) is 1.50. The molecule has 1 heterocycles. The Labute approximate surface area is 129 Å². The van der Waals surface area contributed by atoms with Gasteiger partial charge in [0.15, 0.2) is 0 Å². The summed E-state index contributed by atoms with van der Waals surface area (Å²) in [7, 11) is 6.50. The van der Waals surface area contributed by atoms with Crippen molar-refractivity contribution in [2.45, 2.75) is 39.8 Å². The Morgan fingerprint density at radius 3 is 2.60 bits per heavy atom. The maximum absolute atomic E-state index is 3.48. The summed E-state index contributed by atoms with van der Waals surface area (Å²) >= 11 is 1.94. The van der Waals surface area contributed by atoms with Crippen molar-refractivity contribution in [2.24, 2.45) is 0 Å². The van der Waals surface area contributed by atoms with E-state index in [1.165, 1.54) is 34.7 Å². The maximum atomic E-state index is 3.48. The van der Waals surface area contributed by atoms with Crippen molar-refractivity contribution in [1.82, 2.24) is 15.1 Å². The lowest BCUT2D eigenvalue weighted by Crippen LogP contribution is -2.23. The van der Waals surface area contributed by atoms with Crippen LogP contribution in [0.4, 0.5) is 0 Å². The molecular weight excluding hydrogens is 266 g/mol. The first-order valence-corrected chi connectivity index (χ1v) is 8.46. The summed E-state index contributed by atoms with van der Waals surface area (Å²) in [6.07, 6.45) is 2.43. The van der Waals surface area contributed by atoms with Gasteiger partial charge in [-0.05, 0) is 72.2 Å². The third kappa shape index (κ3) is 6.84. The van der Waals surface area contributed by atoms with Gasteiger partial charge in [-0.15, -0.1) is 11.3 Å². The second-order valence-corrected chi connectivity index (χ2v) is 7.21. The van der Waals surface area contributed by atoms with Gasteiger partial charge in [0.2, 0.25) is 0 Å². The summed E-state index contributed by atoms with van der Waals surface area (Å²) in [5, 5.41) is 3.48. The Bertz CT molecular complexity index is 374. The van der Waals surface area contributed by atoms with Crippen LogP contribution in [0.2, 0.25) is 0 Å². The zero-order chi connectivity index (χ0) is 15.0. The van der Waals surface area contributed by atoms with Crippen molar-refractivity contribution in [2.75, 3.05) is 40.8 Å². The van der Waals surface area contributed by atoms with Crippen LogP contribution in [0.15, 0.2) is 6.07 Å². The molecule has 4 heteroatoms. The number of hydrogen-bond donors (Lipinski definition) is 1. The largest absolute Gasteiger partial charge is 0.312 e. The predicted molar refractivity (Wildman–Crippen MR) is 90.6 cm³/mol. The molecule has 0 bridgehead atoms. The zero-order valence-corrected chi connectivity index (χ0v) is 14.6. The van der Waals surface area contributed by atoms with Crippen LogP contribution in [0.3, 0.4) is 0 Å². The predicted octanol–water partition coefficient (Wildman–Crippen LogP) is 2.94. The summed E-state index contributed by atoms with van der Waals surface area (Å²) in [4.78, 5) is 7.62. The molecule has 0 aliphatic heterocycles. The van der Waals surface area contributed by atoms with E-state index in [0.717, 1.165) is 26.2 Å². The van der Waals surface area contributed by atoms with Gasteiger partial charge in [-0.3, -0.25) is 0 Å². The Kier molecular flexibility index (Phi) is 8.38. The minimum atomic E-state index is 1.02. The van der Waals surface area contributed by atoms with Gasteiger partial charge in [-0.1, -0.05) is 6.92 Å². The highest BCUT2D eigenvalue weighted by Gasteiger charge is 2.08. The lowest BCUT2D eigenvalue weighted by Gasteiger charge is -2.18. The molecule has 0 fully saturated rings. The number of aryl methyl sites for hydroxylation is 1. The molecule has 0 saturated carbocycles. The molecule has 0 aliphatic carbocycles. The van der Waals surface area contributed by atoms with Crippen LogP contribution < -0.4 is 5.32 Å². The van der Waals surface area contributed by atoms with Crippen LogP contribution in [0, 0.1) is 6.92 Å². The number of nitrogens with zero attached hydrogens (tertiary/aromatic N) is 2. The lowest BCUT2D eigenvalue weighted by atomic mass is 10.2. The van der Waals surface area contributed by atoms with E-state index in [0.29, 0.717) is 0 Å². The molecule has 1 rings (SSSR count). The average Bonchev–Trinajstić information content (AvgIpc) is 2.70. The lowest BCUT2D eigenvalue weighted by molar-refractivity contribution is 0.294. The van der Waals surface area contributed by atoms with Crippen LogP contribution in [-0.4, -0.2) is 50.6 Å². The second kappa shape index (κ2) is 9.50. The van der Waals surface area contributed by atoms with Gasteiger partial charge in [0.05, 0.1) is 0 Å². The average molecular weight is 298 g/mol. The van der Waals surface area contributed by atoms with Gasteiger partial charge < -0.3 is 15.1 Å². The standard InChI is InChI=1S/C16H31N3S/c1-6-8-17-12-16-11-15(14(2)20-16)13-19(5)10-7-9-18(3)4/h11,17H,6-10,12-13H2,1-5H3. The fraction of sp³-hybridized carbons (Fsp3) is 0.750. The van der Waals surface area contributed by atoms with Crippen LogP contribution in [0.1, 0.15) is 35.1 Å². The first kappa shape index (κ1) is 17.6. The molecule has 0 radical (unpaired) electrons. The molecule has 3 nitrogen and oxygen atoms in total. The van der Waals surface area contributed by atoms with Gasteiger partial charge in [0.1, 0.15) is 0 Å². The number of nitrogens with one attached hydrogen (secondary N) is 1. The smallest absolute Gasteiger partial charge is 0.0299 e. The van der Waals surface area contributed by atoms with E-state index in [1.54, 1.807) is 0 Å². The molecule has 0 spiro atoms. The van der Waals surface area contributed by atoms with E-state index in [-0.39, 0.29) is 0 Å². The molecule has 0 saturated heterocycles. The van der Waals surface area contributed by atoms with Crippen molar-refractivity contribution < 1.29 is 0 Å². The third-order valence-corrected chi connectivity index (χ3v) is 4.48. The first-order valence-electron chi connectivity index (χ1n) is 7.65. The van der Waals surface area contributed by atoms with Gasteiger partial charge >= 0.3 is 0 Å². The molecule has 1 aromatic heterocycles. The highest BCUT2D eigenvalue weighted by atomic mass is 32.1. The Hall–Kier alpha value is -0.420. The summed E-state index contributed by atoms with van der Waals surface area (Å²) < 4.78 is 0. The molecule has 0 unspecified atom stereocenters. The van der Waals surface area contributed by atoms with Crippen LogP contribution in [0.5, 0.6) is 0 Å². The molecule has 20 heavy (non-hydrogen) atoms. The van der Waals surface area contributed by atoms with E-state index in [9.17, 15) is 0 Å². The highest BCUT2D eigenvalue weighted by molar-refractivity contribution is 7.12. The number of hydrogen-bond acceptors (Lipinski definition) is 4. The van der Waals surface area contributed by atoms with Crippen molar-refractivity contribution in [1.29, 1.82) is 0 Å². The van der Waals surface area contributed by atoms with Crippen LogP contribution in [0.25, 0.3) is 0 Å². The van der Waals surface area contributed by atoms with E-state index in [2.05, 4.69) is 56.2 Å². The fourth-order valence-corrected chi connectivity index (χ4v) is 3.27. The van der Waals surface area contributed by atoms with Gasteiger partial charge in [-0.2, -0.15) is 0 Å². The number of thiophene rings is 1. The topological polar surface area (TPSA) is 18.5 Å². The normalized spacial score (nSPS) is 11.8. The van der Waals surface area contributed by atoms with Gasteiger partial charge in [0, 0.05) is 22.8 Å². The summed E-state index contributed by atoms with van der Waals surface area (Å²) in [5.74, 6) is 0. The number of rotatable bonds is 10. The van der Waals surface area contributed by atoms with E-state index in [4.69, 9.17) is 0 Å². The maximum Gasteiger partial charge on any atom is 0.0299 e. The monoisotopic (exact) mass is 297 g/mol. The Morgan fingerprint density at radius 1 is 1.20 bits per heavy atom. The molecule has 0 amide bonds. The summed E-state index contributed by atoms with van der Waals surface area (Å²) in [6, 6.07) is 2.38. The molecule has 116 valence electrons. The fourth-order valence-electron chi connectivity index (χ4n) is 2.25. The van der Waals surface area contributed by atoms with Crippen molar-refractivity contribution in [3.05, 3.63) is 21.4 Å². The van der Waals surface area contributed by atoms with Crippen molar-refractivity contribution >= 4 is 11.3 Å².